The molecule has 86 valence electrons. The minimum absolute atomic E-state index is 0.278. The molecule has 0 aromatic heterocycles. The van der Waals surface area contributed by atoms with Crippen molar-refractivity contribution < 1.29 is 18.7 Å². The maximum Gasteiger partial charge on any atom is 0.428 e. The highest BCUT2D eigenvalue weighted by atomic mass is 16.5. The van der Waals surface area contributed by atoms with Crippen LogP contribution in [0.3, 0.4) is 0 Å². The third-order valence-corrected chi connectivity index (χ3v) is 2.12. The Labute approximate surface area is 94.5 Å². The Morgan fingerprint density at radius 3 is 2.81 bits per heavy atom. The van der Waals surface area contributed by atoms with E-state index in [4.69, 9.17) is 9.16 Å². The summed E-state index contributed by atoms with van der Waals surface area (Å²) in [5.74, 6) is 0.271. The first-order valence-electron chi connectivity index (χ1n) is 4.84. The number of carbonyl (C=O) groups excluding carboxylic acids is 2. The van der Waals surface area contributed by atoms with Gasteiger partial charge in [-0.25, -0.2) is 9.22 Å². The maximum absolute atomic E-state index is 10.8. The summed E-state index contributed by atoms with van der Waals surface area (Å²) in [6.45, 7) is 2.23. The van der Waals surface area contributed by atoms with Gasteiger partial charge >= 0.3 is 12.3 Å². The molecular weight excluding hydrogens is 208 g/mol. The second kappa shape index (κ2) is 5.90. The molecule has 16 heavy (non-hydrogen) atoms. The summed E-state index contributed by atoms with van der Waals surface area (Å²) in [7, 11) is 2.91. The molecular formula is C12H15O4+. The molecule has 0 saturated heterocycles. The Balaban J connectivity index is 2.77. The quantitative estimate of drug-likeness (QED) is 0.335. The van der Waals surface area contributed by atoms with Crippen LogP contribution in [0, 0.1) is 6.92 Å². The molecule has 0 aliphatic carbocycles. The minimum atomic E-state index is -0.508. The van der Waals surface area contributed by atoms with Crippen molar-refractivity contribution in [3.63, 3.8) is 0 Å². The normalized spacial score (nSPS) is 10.4. The van der Waals surface area contributed by atoms with Gasteiger partial charge in [0.2, 0.25) is 0 Å². The van der Waals surface area contributed by atoms with Gasteiger partial charge < -0.3 is 9.47 Å². The van der Waals surface area contributed by atoms with E-state index >= 15 is 0 Å². The zero-order valence-corrected chi connectivity index (χ0v) is 9.65. The van der Waals surface area contributed by atoms with Crippen LogP contribution in [0.25, 0.3) is 0 Å². The van der Waals surface area contributed by atoms with Crippen LogP contribution in [0.15, 0.2) is 18.2 Å². The average Bonchev–Trinajstić information content (AvgIpc) is 2.29. The van der Waals surface area contributed by atoms with Gasteiger partial charge in [-0.1, -0.05) is 12.1 Å². The number of para-hydroxylation sites is 1. The number of benzene rings is 1. The molecule has 0 amide bonds. The number of carbonyl (C=O) groups is 1. The molecule has 4 heteroatoms. The molecule has 0 atom stereocenters. The topological polar surface area (TPSA) is 46.8 Å². The maximum atomic E-state index is 10.8. The van der Waals surface area contributed by atoms with Gasteiger partial charge in [-0.05, 0) is 18.6 Å². The Hall–Kier alpha value is -1.84. The summed E-state index contributed by atoms with van der Waals surface area (Å²) < 4.78 is 14.8. The van der Waals surface area contributed by atoms with Crippen LogP contribution >= 0.6 is 0 Å². The van der Waals surface area contributed by atoms with Gasteiger partial charge in [-0.3, -0.25) is 0 Å². The fourth-order valence-corrected chi connectivity index (χ4v) is 1.37. The number of aryl methyl sites for hydroxylation is 1. The molecule has 0 saturated carbocycles. The predicted molar refractivity (Wildman–Crippen MR) is 59.5 cm³/mol. The van der Waals surface area contributed by atoms with Crippen molar-refractivity contribution in [2.45, 2.75) is 13.5 Å². The van der Waals surface area contributed by atoms with Crippen molar-refractivity contribution >= 4 is 12.3 Å². The Morgan fingerprint density at radius 1 is 1.44 bits per heavy atom. The number of aldehydes is 1. The molecule has 0 aliphatic heterocycles. The Bertz CT molecular complexity index is 396. The SMILES string of the molecule is COC(=O)C=[O+]Cc1cccc(C)c1OC. The summed E-state index contributed by atoms with van der Waals surface area (Å²) in [6, 6.07) is 5.75. The van der Waals surface area contributed by atoms with Crippen LogP contribution in [0.4, 0.5) is 0 Å². The first-order chi connectivity index (χ1) is 7.69. The van der Waals surface area contributed by atoms with Crippen LogP contribution < -0.4 is 4.74 Å². The molecule has 0 bridgehead atoms. The lowest BCUT2D eigenvalue weighted by Gasteiger charge is -2.05. The molecule has 1 aromatic rings. The van der Waals surface area contributed by atoms with Crippen molar-refractivity contribution in [1.82, 2.24) is 0 Å². The smallest absolute Gasteiger partial charge is 0.428 e. The standard InChI is InChI=1S/C12H15O4/c1-9-5-4-6-10(12(9)15-3)7-16-8-11(13)14-2/h4-6,8H,7H2,1-3H3/q+1. The van der Waals surface area contributed by atoms with Crippen molar-refractivity contribution in [2.75, 3.05) is 14.2 Å². The van der Waals surface area contributed by atoms with E-state index in [-0.39, 0.29) is 6.61 Å². The van der Waals surface area contributed by atoms with Gasteiger partial charge in [-0.2, -0.15) is 0 Å². The second-order valence-corrected chi connectivity index (χ2v) is 3.22. The number of methoxy groups -OCH3 is 2. The zero-order valence-electron chi connectivity index (χ0n) is 9.65. The fraction of sp³-hybridized carbons (Fsp3) is 0.333. The molecule has 0 aliphatic rings. The van der Waals surface area contributed by atoms with E-state index in [0.29, 0.717) is 0 Å². The lowest BCUT2D eigenvalue weighted by Crippen LogP contribution is -2.04. The first kappa shape index (κ1) is 12.2. The summed E-state index contributed by atoms with van der Waals surface area (Å²) in [5.41, 5.74) is 1.92. The molecule has 0 radical (unpaired) electrons. The van der Waals surface area contributed by atoms with Crippen molar-refractivity contribution in [3.05, 3.63) is 29.3 Å². The molecule has 0 N–H and O–H groups in total. The van der Waals surface area contributed by atoms with Crippen LogP contribution in [0.1, 0.15) is 11.1 Å². The van der Waals surface area contributed by atoms with E-state index in [1.165, 1.54) is 7.11 Å². The lowest BCUT2D eigenvalue weighted by molar-refractivity contribution is -0.469. The Morgan fingerprint density at radius 2 is 2.19 bits per heavy atom. The molecule has 0 heterocycles. The molecule has 0 fully saturated rings. The van der Waals surface area contributed by atoms with Gasteiger partial charge in [0.05, 0.1) is 19.8 Å². The van der Waals surface area contributed by atoms with Gasteiger partial charge in [-0.15, -0.1) is 0 Å². The molecule has 0 spiro atoms. The fourth-order valence-electron chi connectivity index (χ4n) is 1.37. The van der Waals surface area contributed by atoms with Crippen LogP contribution in [0.2, 0.25) is 0 Å². The third-order valence-electron chi connectivity index (χ3n) is 2.12. The average molecular weight is 223 g/mol. The molecule has 4 nitrogen and oxygen atoms in total. The minimum Gasteiger partial charge on any atom is -0.496 e. The van der Waals surface area contributed by atoms with Gasteiger partial charge in [0, 0.05) is 0 Å². The van der Waals surface area contributed by atoms with Crippen LogP contribution in [0.5, 0.6) is 5.75 Å². The number of esters is 1. The summed E-state index contributed by atoms with van der Waals surface area (Å²) in [6.07, 6.45) is 1.04. The number of ether oxygens (including phenoxy) is 2. The zero-order chi connectivity index (χ0) is 12.0. The molecule has 1 rings (SSSR count). The second-order valence-electron chi connectivity index (χ2n) is 3.22. The first-order valence-corrected chi connectivity index (χ1v) is 4.84. The highest BCUT2D eigenvalue weighted by molar-refractivity contribution is 6.20. The number of rotatable bonds is 4. The van der Waals surface area contributed by atoms with E-state index in [0.717, 1.165) is 23.2 Å². The monoisotopic (exact) mass is 223 g/mol. The van der Waals surface area contributed by atoms with Crippen molar-refractivity contribution in [2.24, 2.45) is 0 Å². The number of hydrogen-bond donors (Lipinski definition) is 0. The highest BCUT2D eigenvalue weighted by Crippen LogP contribution is 2.22. The number of hydrogen-bond acceptors (Lipinski definition) is 3. The highest BCUT2D eigenvalue weighted by Gasteiger charge is 2.10. The lowest BCUT2D eigenvalue weighted by atomic mass is 10.1. The van der Waals surface area contributed by atoms with Crippen LogP contribution in [-0.4, -0.2) is 26.5 Å². The molecule has 0 unspecified atom stereocenters. The Kier molecular flexibility index (Phi) is 4.51. The summed E-state index contributed by atoms with van der Waals surface area (Å²) in [5, 5.41) is 0. The summed E-state index contributed by atoms with van der Waals surface area (Å²) >= 11 is 0. The van der Waals surface area contributed by atoms with E-state index in [9.17, 15) is 4.79 Å². The van der Waals surface area contributed by atoms with Gasteiger partial charge in [0.25, 0.3) is 6.61 Å². The summed E-state index contributed by atoms with van der Waals surface area (Å²) in [4.78, 5) is 10.8. The molecule has 1 aromatic carbocycles. The van der Waals surface area contributed by atoms with Gasteiger partial charge in [0.1, 0.15) is 5.75 Å². The van der Waals surface area contributed by atoms with E-state index < -0.39 is 5.97 Å². The predicted octanol–water partition coefficient (Wildman–Crippen LogP) is 1.41. The van der Waals surface area contributed by atoms with E-state index in [2.05, 4.69) is 4.74 Å². The third kappa shape index (κ3) is 3.08. The van der Waals surface area contributed by atoms with E-state index in [1.807, 2.05) is 25.1 Å². The largest absolute Gasteiger partial charge is 0.496 e. The van der Waals surface area contributed by atoms with Crippen LogP contribution in [-0.2, 0) is 20.6 Å². The van der Waals surface area contributed by atoms with Crippen molar-refractivity contribution in [3.8, 4) is 5.75 Å². The van der Waals surface area contributed by atoms with Crippen molar-refractivity contribution in [1.29, 1.82) is 0 Å². The van der Waals surface area contributed by atoms with E-state index in [1.54, 1.807) is 7.11 Å². The van der Waals surface area contributed by atoms with Gasteiger partial charge in [0.15, 0.2) is 0 Å².